The molecule has 0 aromatic rings. The molecule has 2 atom stereocenters. The highest BCUT2D eigenvalue weighted by Crippen LogP contribution is 2.23. The third-order valence-electron chi connectivity index (χ3n) is 3.90. The van der Waals surface area contributed by atoms with Gasteiger partial charge in [-0.1, -0.05) is 20.3 Å². The molecule has 2 unspecified atom stereocenters. The summed E-state index contributed by atoms with van der Waals surface area (Å²) in [6.45, 7) is 5.56. The fourth-order valence-corrected chi connectivity index (χ4v) is 2.59. The Balaban J connectivity index is 2.75. The standard InChI is InChI=1S/C14H23N3O3/c1-3-4-8-17(14(19)20)12-10-16(9-6-11(12)2)13(18)5-7-15/h11-12H,3-6,8-10H2,1-2H3,(H,19,20). The van der Waals surface area contributed by atoms with Crippen LogP contribution in [0.3, 0.4) is 0 Å². The molecule has 0 bridgehead atoms. The van der Waals surface area contributed by atoms with Gasteiger partial charge in [-0.3, -0.25) is 4.79 Å². The van der Waals surface area contributed by atoms with Gasteiger partial charge in [-0.2, -0.15) is 5.26 Å². The first-order valence-corrected chi connectivity index (χ1v) is 7.15. The number of hydrogen-bond donors (Lipinski definition) is 1. The quantitative estimate of drug-likeness (QED) is 0.834. The van der Waals surface area contributed by atoms with Crippen LogP contribution in [-0.2, 0) is 4.79 Å². The highest BCUT2D eigenvalue weighted by molar-refractivity contribution is 5.78. The molecule has 0 saturated carbocycles. The predicted molar refractivity (Wildman–Crippen MR) is 74.0 cm³/mol. The number of rotatable bonds is 5. The molecule has 6 heteroatoms. The molecule has 6 nitrogen and oxygen atoms in total. The van der Waals surface area contributed by atoms with Gasteiger partial charge in [-0.25, -0.2) is 4.79 Å². The van der Waals surface area contributed by atoms with E-state index in [2.05, 4.69) is 0 Å². The lowest BCUT2D eigenvalue weighted by Gasteiger charge is -2.41. The van der Waals surface area contributed by atoms with Crippen molar-refractivity contribution in [2.75, 3.05) is 19.6 Å². The maximum Gasteiger partial charge on any atom is 0.407 e. The van der Waals surface area contributed by atoms with Crippen LogP contribution < -0.4 is 0 Å². The number of unbranched alkanes of at least 4 members (excludes halogenated alkanes) is 1. The highest BCUT2D eigenvalue weighted by Gasteiger charge is 2.34. The second kappa shape index (κ2) is 7.73. The summed E-state index contributed by atoms with van der Waals surface area (Å²) in [5.74, 6) is 0.0272. The second-order valence-corrected chi connectivity index (χ2v) is 5.34. The Kier molecular flexibility index (Phi) is 6.29. The van der Waals surface area contributed by atoms with Gasteiger partial charge in [-0.15, -0.1) is 0 Å². The van der Waals surface area contributed by atoms with Gasteiger partial charge in [0.15, 0.2) is 0 Å². The minimum atomic E-state index is -0.926. The number of nitriles is 1. The summed E-state index contributed by atoms with van der Waals surface area (Å²) >= 11 is 0. The fourth-order valence-electron chi connectivity index (χ4n) is 2.59. The minimum Gasteiger partial charge on any atom is -0.465 e. The van der Waals surface area contributed by atoms with Gasteiger partial charge in [-0.05, 0) is 18.8 Å². The maximum absolute atomic E-state index is 11.8. The first kappa shape index (κ1) is 16.3. The lowest BCUT2D eigenvalue weighted by molar-refractivity contribution is -0.133. The molecular weight excluding hydrogens is 258 g/mol. The summed E-state index contributed by atoms with van der Waals surface area (Å²) in [7, 11) is 0. The maximum atomic E-state index is 11.8. The molecule has 1 fully saturated rings. The number of piperidine rings is 1. The van der Waals surface area contributed by atoms with Crippen molar-refractivity contribution < 1.29 is 14.7 Å². The van der Waals surface area contributed by atoms with Crippen LogP contribution >= 0.6 is 0 Å². The Morgan fingerprint density at radius 3 is 2.75 bits per heavy atom. The van der Waals surface area contributed by atoms with Crippen molar-refractivity contribution in [2.24, 2.45) is 5.92 Å². The molecule has 1 saturated heterocycles. The number of amides is 2. The lowest BCUT2D eigenvalue weighted by Crippen LogP contribution is -2.55. The number of carbonyl (C=O) groups excluding carboxylic acids is 1. The van der Waals surface area contributed by atoms with E-state index in [4.69, 9.17) is 5.26 Å². The van der Waals surface area contributed by atoms with Crippen LogP contribution in [0.4, 0.5) is 4.79 Å². The summed E-state index contributed by atoms with van der Waals surface area (Å²) < 4.78 is 0. The van der Waals surface area contributed by atoms with Gasteiger partial charge < -0.3 is 14.9 Å². The average Bonchev–Trinajstić information content (AvgIpc) is 2.41. The van der Waals surface area contributed by atoms with E-state index in [1.54, 1.807) is 4.90 Å². The summed E-state index contributed by atoms with van der Waals surface area (Å²) in [6, 6.07) is 1.69. The fraction of sp³-hybridized carbons (Fsp3) is 0.786. The van der Waals surface area contributed by atoms with Gasteiger partial charge in [0.25, 0.3) is 0 Å². The van der Waals surface area contributed by atoms with Gasteiger partial charge in [0, 0.05) is 19.6 Å². The highest BCUT2D eigenvalue weighted by atomic mass is 16.4. The Labute approximate surface area is 120 Å². The molecule has 1 heterocycles. The van der Waals surface area contributed by atoms with Gasteiger partial charge in [0.05, 0.1) is 12.1 Å². The zero-order valence-corrected chi connectivity index (χ0v) is 12.2. The molecule has 0 aliphatic carbocycles. The van der Waals surface area contributed by atoms with E-state index in [0.29, 0.717) is 19.6 Å². The zero-order valence-electron chi connectivity index (χ0n) is 12.2. The normalized spacial score (nSPS) is 22.1. The largest absolute Gasteiger partial charge is 0.465 e. The molecule has 1 aliphatic rings. The van der Waals surface area contributed by atoms with E-state index in [1.807, 2.05) is 19.9 Å². The monoisotopic (exact) mass is 281 g/mol. The molecular formula is C14H23N3O3. The summed E-state index contributed by atoms with van der Waals surface area (Å²) in [4.78, 5) is 26.3. The first-order valence-electron chi connectivity index (χ1n) is 7.15. The number of nitrogens with zero attached hydrogens (tertiary/aromatic N) is 3. The summed E-state index contributed by atoms with van der Waals surface area (Å²) in [5.41, 5.74) is 0. The van der Waals surface area contributed by atoms with Crippen molar-refractivity contribution in [3.8, 4) is 6.07 Å². The van der Waals surface area contributed by atoms with Crippen molar-refractivity contribution in [1.82, 2.24) is 9.80 Å². The van der Waals surface area contributed by atoms with E-state index in [-0.39, 0.29) is 24.3 Å². The van der Waals surface area contributed by atoms with Crippen LogP contribution in [0.2, 0.25) is 0 Å². The Hall–Kier alpha value is -1.77. The third kappa shape index (κ3) is 4.12. The Morgan fingerprint density at radius 2 is 2.20 bits per heavy atom. The molecule has 0 aromatic carbocycles. The minimum absolute atomic E-state index is 0.136. The van der Waals surface area contributed by atoms with Crippen LogP contribution in [-0.4, -0.2) is 52.6 Å². The van der Waals surface area contributed by atoms with Crippen LogP contribution in [0, 0.1) is 17.2 Å². The van der Waals surface area contributed by atoms with E-state index < -0.39 is 6.09 Å². The van der Waals surface area contributed by atoms with E-state index >= 15 is 0 Å². The van der Waals surface area contributed by atoms with Crippen LogP contribution in [0.1, 0.15) is 39.5 Å². The number of carbonyl (C=O) groups is 2. The molecule has 1 rings (SSSR count). The number of carboxylic acid groups (broad SMARTS) is 1. The van der Waals surface area contributed by atoms with Crippen molar-refractivity contribution in [2.45, 2.75) is 45.6 Å². The summed E-state index contributed by atoms with van der Waals surface area (Å²) in [6.07, 6.45) is 1.47. The van der Waals surface area contributed by atoms with Crippen LogP contribution in [0.25, 0.3) is 0 Å². The average molecular weight is 281 g/mol. The molecule has 0 spiro atoms. The molecule has 112 valence electrons. The Morgan fingerprint density at radius 1 is 1.50 bits per heavy atom. The summed E-state index contributed by atoms with van der Waals surface area (Å²) in [5, 5.41) is 18.0. The number of hydrogen-bond acceptors (Lipinski definition) is 3. The number of likely N-dealkylation sites (tertiary alicyclic amines) is 1. The topological polar surface area (TPSA) is 84.6 Å². The molecule has 1 aliphatic heterocycles. The third-order valence-corrected chi connectivity index (χ3v) is 3.90. The van der Waals surface area contributed by atoms with Crippen LogP contribution in [0.5, 0.6) is 0 Å². The van der Waals surface area contributed by atoms with Gasteiger partial charge >= 0.3 is 6.09 Å². The van der Waals surface area contributed by atoms with Crippen molar-refractivity contribution in [3.63, 3.8) is 0 Å². The Bertz CT molecular complexity index is 392. The molecule has 0 radical (unpaired) electrons. The predicted octanol–water partition coefficient (Wildman–Crippen LogP) is 1.92. The lowest BCUT2D eigenvalue weighted by atomic mass is 9.92. The van der Waals surface area contributed by atoms with E-state index in [9.17, 15) is 14.7 Å². The van der Waals surface area contributed by atoms with Crippen molar-refractivity contribution >= 4 is 12.0 Å². The van der Waals surface area contributed by atoms with Gasteiger partial charge in [0.2, 0.25) is 5.91 Å². The van der Waals surface area contributed by atoms with E-state index in [1.165, 1.54) is 4.90 Å². The zero-order chi connectivity index (χ0) is 15.1. The molecule has 1 N–H and O–H groups in total. The molecule has 20 heavy (non-hydrogen) atoms. The molecule has 0 aromatic heterocycles. The van der Waals surface area contributed by atoms with Crippen molar-refractivity contribution in [1.29, 1.82) is 5.26 Å². The van der Waals surface area contributed by atoms with Gasteiger partial charge in [0.1, 0.15) is 6.42 Å². The van der Waals surface area contributed by atoms with E-state index in [0.717, 1.165) is 19.3 Å². The molecule has 2 amide bonds. The van der Waals surface area contributed by atoms with Crippen LogP contribution in [0.15, 0.2) is 0 Å². The smallest absolute Gasteiger partial charge is 0.407 e. The first-order chi connectivity index (χ1) is 9.51. The van der Waals surface area contributed by atoms with Crippen molar-refractivity contribution in [3.05, 3.63) is 0 Å². The SMILES string of the molecule is CCCCN(C(=O)O)C1CN(C(=O)CC#N)CCC1C. The second-order valence-electron chi connectivity index (χ2n) is 5.34.